The van der Waals surface area contributed by atoms with Crippen molar-refractivity contribution in [1.82, 2.24) is 15.5 Å². The largest absolute Gasteiger partial charge is 0.332 e. The Kier molecular flexibility index (Phi) is 5.74. The molecule has 1 aromatic heterocycles. The van der Waals surface area contributed by atoms with Crippen LogP contribution in [0.3, 0.4) is 0 Å². The van der Waals surface area contributed by atoms with Gasteiger partial charge in [0.2, 0.25) is 5.91 Å². The van der Waals surface area contributed by atoms with E-state index in [4.69, 9.17) is 0 Å². The van der Waals surface area contributed by atoms with E-state index >= 15 is 0 Å². The molecule has 3 aliphatic heterocycles. The number of thiophene rings is 1. The minimum Gasteiger partial charge on any atom is -0.332 e. The van der Waals surface area contributed by atoms with E-state index in [1.165, 1.54) is 16.0 Å². The van der Waals surface area contributed by atoms with E-state index in [-0.39, 0.29) is 30.1 Å². The summed E-state index contributed by atoms with van der Waals surface area (Å²) in [5.41, 5.74) is 2.49. The van der Waals surface area contributed by atoms with E-state index in [0.29, 0.717) is 11.7 Å². The lowest BCUT2D eigenvalue weighted by Gasteiger charge is -2.36. The fourth-order valence-electron chi connectivity index (χ4n) is 4.99. The van der Waals surface area contributed by atoms with Crippen molar-refractivity contribution in [2.75, 3.05) is 12.3 Å². The zero-order chi connectivity index (χ0) is 20.5. The molecule has 30 heavy (non-hydrogen) atoms. The average molecular weight is 442 g/mol. The molecule has 2 fully saturated rings. The van der Waals surface area contributed by atoms with Crippen LogP contribution in [0.15, 0.2) is 41.8 Å². The van der Waals surface area contributed by atoms with Gasteiger partial charge in [-0.3, -0.25) is 4.79 Å². The first kappa shape index (κ1) is 19.9. The molecule has 5 rings (SSSR count). The number of hydrogen-bond acceptors (Lipinski definition) is 4. The Morgan fingerprint density at radius 1 is 1.13 bits per heavy atom. The molecule has 7 heteroatoms. The molecule has 2 saturated heterocycles. The molecule has 2 aromatic rings. The molecule has 0 radical (unpaired) electrons. The molecule has 4 heterocycles. The Labute approximate surface area is 185 Å². The standard InChI is InChI=1S/C23H27N3O2S2/c27-20(9-5-4-8-19-21-17(14-30-19)24-23(28)25-21)26-12-10-18-16(11-13-29-18)22(26)15-6-2-1-3-7-15/h1-3,6-7,11,13,17,19,21-22H,4-5,8-10,12,14H2,(H2,24,25,28)/t17-,19-,21-,22+/m1/s1. The topological polar surface area (TPSA) is 61.4 Å². The summed E-state index contributed by atoms with van der Waals surface area (Å²) >= 11 is 3.75. The Hall–Kier alpha value is -1.99. The summed E-state index contributed by atoms with van der Waals surface area (Å²) in [6, 6.07) is 13.1. The number of urea groups is 1. The minimum atomic E-state index is -0.0321. The van der Waals surface area contributed by atoms with Crippen LogP contribution in [0, 0.1) is 0 Å². The number of nitrogens with one attached hydrogen (secondary N) is 2. The van der Waals surface area contributed by atoms with Crippen molar-refractivity contribution in [3.05, 3.63) is 57.8 Å². The highest BCUT2D eigenvalue weighted by atomic mass is 32.2. The van der Waals surface area contributed by atoms with Crippen LogP contribution in [0.5, 0.6) is 0 Å². The van der Waals surface area contributed by atoms with Crippen LogP contribution >= 0.6 is 23.1 Å². The number of carbonyl (C=O) groups is 2. The van der Waals surface area contributed by atoms with Crippen LogP contribution in [0.4, 0.5) is 4.79 Å². The molecule has 0 unspecified atom stereocenters. The summed E-state index contributed by atoms with van der Waals surface area (Å²) in [5.74, 6) is 1.25. The third-order valence-electron chi connectivity index (χ3n) is 6.47. The molecule has 0 spiro atoms. The second kappa shape index (κ2) is 8.63. The van der Waals surface area contributed by atoms with Gasteiger partial charge in [-0.1, -0.05) is 36.8 Å². The zero-order valence-corrected chi connectivity index (χ0v) is 18.5. The predicted molar refractivity (Wildman–Crippen MR) is 122 cm³/mol. The quantitative estimate of drug-likeness (QED) is 0.527. The maximum Gasteiger partial charge on any atom is 0.315 e. The fourth-order valence-corrected chi connectivity index (χ4v) is 7.44. The molecule has 0 saturated carbocycles. The number of nitrogens with zero attached hydrogens (tertiary/aromatic N) is 1. The van der Waals surface area contributed by atoms with Gasteiger partial charge in [-0.25, -0.2) is 4.79 Å². The smallest absolute Gasteiger partial charge is 0.315 e. The highest BCUT2D eigenvalue weighted by Gasteiger charge is 2.42. The maximum absolute atomic E-state index is 13.2. The van der Waals surface area contributed by atoms with Gasteiger partial charge in [-0.2, -0.15) is 11.8 Å². The number of unbranched alkanes of at least 4 members (excludes halogenated alkanes) is 1. The normalized spacial score (nSPS) is 27.3. The third kappa shape index (κ3) is 3.85. The first-order valence-corrected chi connectivity index (χ1v) is 12.7. The Morgan fingerprint density at radius 2 is 2.00 bits per heavy atom. The van der Waals surface area contributed by atoms with E-state index in [0.717, 1.165) is 38.0 Å². The van der Waals surface area contributed by atoms with Gasteiger partial charge < -0.3 is 15.5 Å². The number of amides is 3. The number of hydrogen-bond donors (Lipinski definition) is 2. The van der Waals surface area contributed by atoms with Gasteiger partial charge in [-0.15, -0.1) is 11.3 Å². The number of carbonyl (C=O) groups excluding carboxylic acids is 2. The van der Waals surface area contributed by atoms with E-state index in [1.807, 2.05) is 17.8 Å². The second-order valence-corrected chi connectivity index (χ2v) is 10.6. The Morgan fingerprint density at radius 3 is 2.87 bits per heavy atom. The van der Waals surface area contributed by atoms with Crippen LogP contribution in [0.1, 0.15) is 47.7 Å². The maximum atomic E-state index is 13.2. The van der Waals surface area contributed by atoms with Crippen molar-refractivity contribution in [2.24, 2.45) is 0 Å². The molecule has 0 aliphatic carbocycles. The zero-order valence-electron chi connectivity index (χ0n) is 16.9. The molecule has 158 valence electrons. The van der Waals surface area contributed by atoms with Gasteiger partial charge in [0.25, 0.3) is 0 Å². The number of benzene rings is 1. The van der Waals surface area contributed by atoms with Crippen molar-refractivity contribution in [1.29, 1.82) is 0 Å². The van der Waals surface area contributed by atoms with Gasteiger partial charge in [0.1, 0.15) is 0 Å². The van der Waals surface area contributed by atoms with Crippen molar-refractivity contribution < 1.29 is 9.59 Å². The highest BCUT2D eigenvalue weighted by Crippen LogP contribution is 2.38. The summed E-state index contributed by atoms with van der Waals surface area (Å²) < 4.78 is 0. The summed E-state index contributed by atoms with van der Waals surface area (Å²) in [6.07, 6.45) is 4.53. The van der Waals surface area contributed by atoms with Crippen LogP contribution in [-0.4, -0.2) is 46.5 Å². The van der Waals surface area contributed by atoms with Crippen LogP contribution in [-0.2, 0) is 11.2 Å². The number of thioether (sulfide) groups is 1. The Balaban J connectivity index is 1.19. The lowest BCUT2D eigenvalue weighted by molar-refractivity contribution is -0.133. The van der Waals surface area contributed by atoms with E-state index in [1.54, 1.807) is 11.3 Å². The van der Waals surface area contributed by atoms with Gasteiger partial charge in [0.15, 0.2) is 0 Å². The first-order chi connectivity index (χ1) is 14.7. The van der Waals surface area contributed by atoms with Crippen LogP contribution in [0.2, 0.25) is 0 Å². The molecule has 2 N–H and O–H groups in total. The van der Waals surface area contributed by atoms with Crippen LogP contribution in [0.25, 0.3) is 0 Å². The summed E-state index contributed by atoms with van der Waals surface area (Å²) in [4.78, 5) is 28.2. The summed E-state index contributed by atoms with van der Waals surface area (Å²) in [5, 5.41) is 8.66. The SMILES string of the molecule is O=C1N[C@@H]2[C@@H](CS[C@@H]2CCCCC(=O)N2CCc3sccc3[C@@H]2c2ccccc2)N1. The fraction of sp³-hybridized carbons (Fsp3) is 0.478. The minimum absolute atomic E-state index is 0.0321. The Bertz CT molecular complexity index is 916. The lowest BCUT2D eigenvalue weighted by atomic mass is 9.92. The van der Waals surface area contributed by atoms with Crippen molar-refractivity contribution in [3.8, 4) is 0 Å². The molecule has 3 amide bonds. The van der Waals surface area contributed by atoms with Gasteiger partial charge >= 0.3 is 6.03 Å². The van der Waals surface area contributed by atoms with Gasteiger partial charge in [0.05, 0.1) is 18.1 Å². The number of rotatable bonds is 6. The second-order valence-electron chi connectivity index (χ2n) is 8.32. The molecule has 1 aromatic carbocycles. The molecule has 5 nitrogen and oxygen atoms in total. The van der Waals surface area contributed by atoms with Gasteiger partial charge in [0, 0.05) is 28.8 Å². The van der Waals surface area contributed by atoms with Gasteiger partial charge in [-0.05, 0) is 41.8 Å². The molecular weight excluding hydrogens is 414 g/mol. The van der Waals surface area contributed by atoms with E-state index < -0.39 is 0 Å². The van der Waals surface area contributed by atoms with E-state index in [9.17, 15) is 9.59 Å². The molecular formula is C23H27N3O2S2. The predicted octanol–water partition coefficient (Wildman–Crippen LogP) is 3.95. The van der Waals surface area contributed by atoms with E-state index in [2.05, 4.69) is 51.2 Å². The molecule has 4 atom stereocenters. The van der Waals surface area contributed by atoms with Crippen molar-refractivity contribution >= 4 is 35.0 Å². The lowest BCUT2D eigenvalue weighted by Crippen LogP contribution is -2.40. The average Bonchev–Trinajstić information content (AvgIpc) is 3.47. The first-order valence-electron chi connectivity index (χ1n) is 10.8. The van der Waals surface area contributed by atoms with Crippen LogP contribution < -0.4 is 10.6 Å². The highest BCUT2D eigenvalue weighted by molar-refractivity contribution is 8.00. The number of fused-ring (bicyclic) bond motifs is 2. The van der Waals surface area contributed by atoms with Crippen molar-refractivity contribution in [3.63, 3.8) is 0 Å². The molecule has 3 aliphatic rings. The summed E-state index contributed by atoms with van der Waals surface area (Å²) in [7, 11) is 0. The molecule has 0 bridgehead atoms. The summed E-state index contributed by atoms with van der Waals surface area (Å²) in [6.45, 7) is 0.797. The monoisotopic (exact) mass is 441 g/mol. The third-order valence-corrected chi connectivity index (χ3v) is 8.97. The van der Waals surface area contributed by atoms with Crippen molar-refractivity contribution in [2.45, 2.75) is 55.5 Å².